The Kier molecular flexibility index (Phi) is 5.99. The van der Waals surface area contributed by atoms with Crippen LogP contribution in [0.25, 0.3) is 21.8 Å². The van der Waals surface area contributed by atoms with Gasteiger partial charge in [0.25, 0.3) is 5.91 Å². The molecule has 0 aliphatic heterocycles. The molecule has 0 aliphatic carbocycles. The van der Waals surface area contributed by atoms with Crippen molar-refractivity contribution in [3.8, 4) is 0 Å². The molecule has 0 unspecified atom stereocenters. The molecule has 6 heteroatoms. The third kappa shape index (κ3) is 3.96. The normalized spacial score (nSPS) is 10.8. The summed E-state index contributed by atoms with van der Waals surface area (Å²) in [5.74, 6) is -0.151. The van der Waals surface area contributed by atoms with Crippen LogP contribution in [0.15, 0.2) is 42.5 Å². The van der Waals surface area contributed by atoms with Gasteiger partial charge in [0.05, 0.1) is 16.6 Å². The number of nitrogens with zero attached hydrogens (tertiary/aromatic N) is 2. The van der Waals surface area contributed by atoms with Gasteiger partial charge in [-0.3, -0.25) is 4.79 Å². The van der Waals surface area contributed by atoms with Crippen molar-refractivity contribution in [2.24, 2.45) is 0 Å². The number of rotatable bonds is 4. The third-order valence-corrected chi connectivity index (χ3v) is 3.89. The van der Waals surface area contributed by atoms with E-state index in [2.05, 4.69) is 10.3 Å². The highest BCUT2D eigenvalue weighted by Crippen LogP contribution is 2.26. The van der Waals surface area contributed by atoms with Crippen molar-refractivity contribution in [2.45, 2.75) is 0 Å². The predicted octanol–water partition coefficient (Wildman–Crippen LogP) is 3.75. The van der Waals surface area contributed by atoms with Crippen LogP contribution in [0.5, 0.6) is 0 Å². The molecule has 0 fully saturated rings. The largest absolute Gasteiger partial charge is 0.351 e. The molecule has 126 valence electrons. The fourth-order valence-electron chi connectivity index (χ4n) is 2.52. The van der Waals surface area contributed by atoms with E-state index in [1.54, 1.807) is 6.07 Å². The van der Waals surface area contributed by atoms with Gasteiger partial charge < -0.3 is 10.2 Å². The highest BCUT2D eigenvalue weighted by molar-refractivity contribution is 6.32. The van der Waals surface area contributed by atoms with Crippen molar-refractivity contribution in [3.63, 3.8) is 0 Å². The number of likely N-dealkylation sites (N-methyl/N-ethyl adjacent to an activating group) is 1. The highest BCUT2D eigenvalue weighted by Gasteiger charge is 2.13. The van der Waals surface area contributed by atoms with Crippen molar-refractivity contribution in [1.82, 2.24) is 15.2 Å². The van der Waals surface area contributed by atoms with Crippen LogP contribution >= 0.6 is 24.0 Å². The molecule has 0 bridgehead atoms. The maximum Gasteiger partial charge on any atom is 0.253 e. The number of para-hydroxylation sites is 1. The summed E-state index contributed by atoms with van der Waals surface area (Å²) in [5.41, 5.74) is 2.05. The van der Waals surface area contributed by atoms with Gasteiger partial charge in [0.15, 0.2) is 0 Å². The molecule has 0 spiro atoms. The number of halogens is 2. The summed E-state index contributed by atoms with van der Waals surface area (Å²) in [5, 5.41) is 5.35. The van der Waals surface area contributed by atoms with E-state index in [-0.39, 0.29) is 18.3 Å². The maximum atomic E-state index is 12.5. The van der Waals surface area contributed by atoms with Gasteiger partial charge in [-0.25, -0.2) is 4.98 Å². The van der Waals surface area contributed by atoms with Crippen LogP contribution in [-0.2, 0) is 0 Å². The lowest BCUT2D eigenvalue weighted by molar-refractivity contribution is 0.0952. The van der Waals surface area contributed by atoms with Gasteiger partial charge in [-0.15, -0.1) is 12.4 Å². The van der Waals surface area contributed by atoms with Gasteiger partial charge >= 0.3 is 0 Å². The summed E-state index contributed by atoms with van der Waals surface area (Å²) in [4.78, 5) is 19.2. The zero-order chi connectivity index (χ0) is 16.4. The second kappa shape index (κ2) is 7.79. The first-order valence-electron chi connectivity index (χ1n) is 7.46. The molecule has 1 N–H and O–H groups in total. The Morgan fingerprint density at radius 2 is 1.92 bits per heavy atom. The Bertz CT molecular complexity index is 881. The number of carbonyl (C=O) groups is 1. The van der Waals surface area contributed by atoms with Crippen LogP contribution in [0.3, 0.4) is 0 Å². The molecule has 24 heavy (non-hydrogen) atoms. The Morgan fingerprint density at radius 1 is 1.17 bits per heavy atom. The Balaban J connectivity index is 0.00000208. The SMILES string of the molecule is CN(C)CCNC(=O)c1cc(Cl)cc2cc3ccccc3nc12.Cl. The first-order chi connectivity index (χ1) is 11.0. The van der Waals surface area contributed by atoms with Gasteiger partial charge in [0.2, 0.25) is 0 Å². The predicted molar refractivity (Wildman–Crippen MR) is 102 cm³/mol. The fraction of sp³-hybridized carbons (Fsp3) is 0.222. The van der Waals surface area contributed by atoms with Gasteiger partial charge in [0.1, 0.15) is 0 Å². The van der Waals surface area contributed by atoms with Crippen molar-refractivity contribution < 1.29 is 4.79 Å². The Labute approximate surface area is 152 Å². The second-order valence-electron chi connectivity index (χ2n) is 5.77. The number of carbonyl (C=O) groups excluding carboxylic acids is 1. The summed E-state index contributed by atoms with van der Waals surface area (Å²) in [6.07, 6.45) is 0. The molecule has 3 aromatic rings. The van der Waals surface area contributed by atoms with Crippen molar-refractivity contribution in [1.29, 1.82) is 0 Å². The minimum Gasteiger partial charge on any atom is -0.351 e. The molecule has 3 rings (SSSR count). The highest BCUT2D eigenvalue weighted by atomic mass is 35.5. The molecule has 0 atom stereocenters. The van der Waals surface area contributed by atoms with E-state index in [9.17, 15) is 4.79 Å². The van der Waals surface area contributed by atoms with E-state index in [4.69, 9.17) is 11.6 Å². The van der Waals surface area contributed by atoms with E-state index < -0.39 is 0 Å². The lowest BCUT2D eigenvalue weighted by Crippen LogP contribution is -2.31. The molecule has 0 aliphatic rings. The zero-order valence-electron chi connectivity index (χ0n) is 13.5. The van der Waals surface area contributed by atoms with Gasteiger partial charge in [-0.1, -0.05) is 29.8 Å². The number of hydrogen-bond donors (Lipinski definition) is 1. The zero-order valence-corrected chi connectivity index (χ0v) is 15.1. The number of amides is 1. The minimum atomic E-state index is -0.151. The van der Waals surface area contributed by atoms with Crippen molar-refractivity contribution in [2.75, 3.05) is 27.2 Å². The third-order valence-electron chi connectivity index (χ3n) is 3.67. The second-order valence-corrected chi connectivity index (χ2v) is 6.20. The van der Waals surface area contributed by atoms with Gasteiger partial charge in [-0.2, -0.15) is 0 Å². The van der Waals surface area contributed by atoms with E-state index in [0.29, 0.717) is 22.6 Å². The Hall–Kier alpha value is -1.88. The van der Waals surface area contributed by atoms with Gasteiger partial charge in [0, 0.05) is 28.9 Å². The smallest absolute Gasteiger partial charge is 0.253 e. The number of nitrogens with one attached hydrogen (secondary N) is 1. The van der Waals surface area contributed by atoms with Crippen molar-refractivity contribution in [3.05, 3.63) is 53.1 Å². The summed E-state index contributed by atoms with van der Waals surface area (Å²) >= 11 is 6.19. The Morgan fingerprint density at radius 3 is 2.67 bits per heavy atom. The number of pyridine rings is 1. The minimum absolute atomic E-state index is 0. The van der Waals surface area contributed by atoms with Crippen LogP contribution in [0, 0.1) is 0 Å². The number of benzene rings is 2. The molecular weight excluding hydrogens is 345 g/mol. The van der Waals surface area contributed by atoms with Crippen LogP contribution in [0.4, 0.5) is 0 Å². The lowest BCUT2D eigenvalue weighted by atomic mass is 10.1. The molecule has 1 heterocycles. The molecular formula is C18H19Cl2N3O. The van der Waals surface area contributed by atoms with Gasteiger partial charge in [-0.05, 0) is 38.4 Å². The fourth-order valence-corrected chi connectivity index (χ4v) is 2.74. The first kappa shape index (κ1) is 18.5. The summed E-state index contributed by atoms with van der Waals surface area (Å²) in [6, 6.07) is 13.4. The molecule has 1 aromatic heterocycles. The molecule has 0 saturated heterocycles. The van der Waals surface area contributed by atoms with E-state index in [1.165, 1.54) is 0 Å². The van der Waals surface area contributed by atoms with Crippen LogP contribution < -0.4 is 5.32 Å². The number of aromatic nitrogens is 1. The molecule has 2 aromatic carbocycles. The lowest BCUT2D eigenvalue weighted by Gasteiger charge is -2.12. The molecule has 1 amide bonds. The number of fused-ring (bicyclic) bond motifs is 2. The number of hydrogen-bond acceptors (Lipinski definition) is 3. The quantitative estimate of drug-likeness (QED) is 0.717. The first-order valence-corrected chi connectivity index (χ1v) is 7.84. The van der Waals surface area contributed by atoms with E-state index in [1.807, 2.05) is 55.4 Å². The standard InChI is InChI=1S/C18H18ClN3O.ClH/c1-22(2)8-7-20-18(23)15-11-14(19)10-13-9-12-5-3-4-6-16(12)21-17(13)15;/h3-6,9-11H,7-8H2,1-2H3,(H,20,23);1H. The van der Waals surface area contributed by atoms with Crippen LogP contribution in [0.1, 0.15) is 10.4 Å². The molecule has 4 nitrogen and oxygen atoms in total. The van der Waals surface area contributed by atoms with Crippen LogP contribution in [0.2, 0.25) is 5.02 Å². The average Bonchev–Trinajstić information content (AvgIpc) is 2.51. The summed E-state index contributed by atoms with van der Waals surface area (Å²) in [7, 11) is 3.93. The maximum absolute atomic E-state index is 12.5. The van der Waals surface area contributed by atoms with E-state index in [0.717, 1.165) is 22.8 Å². The van der Waals surface area contributed by atoms with Crippen LogP contribution in [-0.4, -0.2) is 43.0 Å². The average molecular weight is 364 g/mol. The van der Waals surface area contributed by atoms with E-state index >= 15 is 0 Å². The molecule has 0 radical (unpaired) electrons. The van der Waals surface area contributed by atoms with Crippen molar-refractivity contribution >= 4 is 51.7 Å². The summed E-state index contributed by atoms with van der Waals surface area (Å²) in [6.45, 7) is 1.36. The molecule has 0 saturated carbocycles. The topological polar surface area (TPSA) is 45.2 Å². The summed E-state index contributed by atoms with van der Waals surface area (Å²) < 4.78 is 0. The monoisotopic (exact) mass is 363 g/mol.